The van der Waals surface area contributed by atoms with Crippen molar-refractivity contribution < 1.29 is 18.7 Å². The summed E-state index contributed by atoms with van der Waals surface area (Å²) in [4.78, 5) is 14.7. The number of carboxylic acid groups (broad SMARTS) is 1. The molecule has 1 heterocycles. The Morgan fingerprint density at radius 1 is 1.35 bits per heavy atom. The first-order valence-electron chi connectivity index (χ1n) is 4.61. The van der Waals surface area contributed by atoms with Gasteiger partial charge < -0.3 is 5.11 Å². The van der Waals surface area contributed by atoms with Crippen molar-refractivity contribution >= 4 is 5.97 Å². The lowest BCUT2D eigenvalue weighted by Gasteiger charge is -2.12. The smallest absolute Gasteiger partial charge is 0.333 e. The minimum absolute atomic E-state index is 0.0851. The van der Waals surface area contributed by atoms with E-state index in [1.807, 2.05) is 0 Å². The quantitative estimate of drug-likeness (QED) is 0.874. The number of hydrogen-bond donors (Lipinski definition) is 1. The number of carboxylic acids is 1. The molecule has 0 aliphatic rings. The standard InChI is InChI=1S/C10H7F2N3O2/c11-7-2-1-6(3-8(7)12)9(10(16)17)15-5-13-4-14-15/h1-5,9H,(H,16,17). The van der Waals surface area contributed by atoms with E-state index in [1.54, 1.807) is 0 Å². The molecule has 17 heavy (non-hydrogen) atoms. The Hall–Kier alpha value is -2.31. The van der Waals surface area contributed by atoms with Crippen LogP contribution in [-0.2, 0) is 4.79 Å². The van der Waals surface area contributed by atoms with E-state index in [4.69, 9.17) is 5.11 Å². The summed E-state index contributed by atoms with van der Waals surface area (Å²) in [6, 6.07) is 1.67. The molecular weight excluding hydrogens is 232 g/mol. The fourth-order valence-electron chi connectivity index (χ4n) is 1.44. The van der Waals surface area contributed by atoms with Gasteiger partial charge in [-0.2, -0.15) is 5.10 Å². The van der Waals surface area contributed by atoms with Gasteiger partial charge >= 0.3 is 5.97 Å². The van der Waals surface area contributed by atoms with Crippen LogP contribution in [0.2, 0.25) is 0 Å². The molecule has 0 fully saturated rings. The average molecular weight is 239 g/mol. The molecule has 0 spiro atoms. The van der Waals surface area contributed by atoms with Crippen molar-refractivity contribution in [2.75, 3.05) is 0 Å². The first-order valence-corrected chi connectivity index (χ1v) is 4.61. The molecule has 0 aliphatic heterocycles. The number of rotatable bonds is 3. The van der Waals surface area contributed by atoms with Crippen molar-refractivity contribution in [2.45, 2.75) is 6.04 Å². The van der Waals surface area contributed by atoms with Gasteiger partial charge in [-0.25, -0.2) is 23.2 Å². The monoisotopic (exact) mass is 239 g/mol. The normalized spacial score (nSPS) is 12.4. The number of halogens is 2. The van der Waals surface area contributed by atoms with Crippen LogP contribution in [0.25, 0.3) is 0 Å². The molecule has 2 rings (SSSR count). The molecule has 1 atom stereocenters. The van der Waals surface area contributed by atoms with Crippen molar-refractivity contribution in [3.8, 4) is 0 Å². The SMILES string of the molecule is O=C(O)C(c1ccc(F)c(F)c1)n1cncn1. The predicted octanol–water partition coefficient (Wildman–Crippen LogP) is 1.23. The van der Waals surface area contributed by atoms with E-state index in [2.05, 4.69) is 10.1 Å². The van der Waals surface area contributed by atoms with Crippen LogP contribution in [0.15, 0.2) is 30.9 Å². The number of carbonyl (C=O) groups is 1. The zero-order chi connectivity index (χ0) is 12.4. The molecule has 1 N–H and O–H groups in total. The van der Waals surface area contributed by atoms with Crippen molar-refractivity contribution in [1.29, 1.82) is 0 Å². The minimum atomic E-state index is -1.23. The summed E-state index contributed by atoms with van der Waals surface area (Å²) >= 11 is 0. The predicted molar refractivity (Wildman–Crippen MR) is 52.2 cm³/mol. The molecule has 1 aromatic heterocycles. The van der Waals surface area contributed by atoms with Gasteiger partial charge in [0.05, 0.1) is 0 Å². The van der Waals surface area contributed by atoms with Gasteiger partial charge in [0, 0.05) is 0 Å². The van der Waals surface area contributed by atoms with Crippen LogP contribution in [0, 0.1) is 11.6 Å². The lowest BCUT2D eigenvalue weighted by atomic mass is 10.1. The fourth-order valence-corrected chi connectivity index (χ4v) is 1.44. The zero-order valence-electron chi connectivity index (χ0n) is 8.42. The first kappa shape index (κ1) is 11.2. The molecule has 0 aliphatic carbocycles. The van der Waals surface area contributed by atoms with Gasteiger partial charge in [-0.1, -0.05) is 6.07 Å². The van der Waals surface area contributed by atoms with Crippen LogP contribution in [-0.4, -0.2) is 25.8 Å². The van der Waals surface area contributed by atoms with E-state index >= 15 is 0 Å². The van der Waals surface area contributed by atoms with E-state index in [0.717, 1.165) is 23.1 Å². The van der Waals surface area contributed by atoms with Crippen LogP contribution in [0.5, 0.6) is 0 Å². The lowest BCUT2D eigenvalue weighted by molar-refractivity contribution is -0.139. The second-order valence-electron chi connectivity index (χ2n) is 3.29. The fraction of sp³-hybridized carbons (Fsp3) is 0.100. The minimum Gasteiger partial charge on any atom is -0.479 e. The van der Waals surface area contributed by atoms with Gasteiger partial charge in [0.1, 0.15) is 12.7 Å². The van der Waals surface area contributed by atoms with Crippen molar-refractivity contribution in [3.05, 3.63) is 48.1 Å². The summed E-state index contributed by atoms with van der Waals surface area (Å²) in [6.07, 6.45) is 2.36. The highest BCUT2D eigenvalue weighted by Crippen LogP contribution is 2.19. The van der Waals surface area contributed by atoms with E-state index in [0.29, 0.717) is 0 Å². The Balaban J connectivity index is 2.47. The summed E-state index contributed by atoms with van der Waals surface area (Å²) in [5.74, 6) is -3.37. The molecule has 0 saturated carbocycles. The highest BCUT2D eigenvalue weighted by molar-refractivity contribution is 5.75. The summed E-state index contributed by atoms with van der Waals surface area (Å²) in [5.41, 5.74) is 0.0851. The zero-order valence-corrected chi connectivity index (χ0v) is 8.42. The molecule has 0 bridgehead atoms. The first-order chi connectivity index (χ1) is 8.09. The molecule has 5 nitrogen and oxygen atoms in total. The van der Waals surface area contributed by atoms with Crippen molar-refractivity contribution in [2.24, 2.45) is 0 Å². The third kappa shape index (κ3) is 2.12. The van der Waals surface area contributed by atoms with Crippen LogP contribution < -0.4 is 0 Å². The van der Waals surface area contributed by atoms with Gasteiger partial charge in [0.15, 0.2) is 17.7 Å². The maximum atomic E-state index is 13.0. The molecular formula is C10H7F2N3O2. The summed E-state index contributed by atoms with van der Waals surface area (Å²) in [7, 11) is 0. The summed E-state index contributed by atoms with van der Waals surface area (Å²) in [6.45, 7) is 0. The molecule has 7 heteroatoms. The second-order valence-corrected chi connectivity index (χ2v) is 3.29. The van der Waals surface area contributed by atoms with Gasteiger partial charge in [-0.15, -0.1) is 0 Å². The summed E-state index contributed by atoms with van der Waals surface area (Å²) < 4.78 is 26.8. The Bertz CT molecular complexity index is 542. The molecule has 1 unspecified atom stereocenters. The van der Waals surface area contributed by atoms with Gasteiger partial charge in [-0.05, 0) is 17.7 Å². The van der Waals surface area contributed by atoms with Crippen LogP contribution in [0.1, 0.15) is 11.6 Å². The average Bonchev–Trinajstić information content (AvgIpc) is 2.76. The van der Waals surface area contributed by atoms with E-state index < -0.39 is 23.6 Å². The number of benzene rings is 1. The number of aliphatic carboxylic acids is 1. The van der Waals surface area contributed by atoms with Crippen molar-refractivity contribution in [1.82, 2.24) is 14.8 Å². The highest BCUT2D eigenvalue weighted by atomic mass is 19.2. The molecule has 2 aromatic rings. The van der Waals surface area contributed by atoms with Crippen LogP contribution >= 0.6 is 0 Å². The van der Waals surface area contributed by atoms with Gasteiger partial charge in [0.25, 0.3) is 0 Å². The lowest BCUT2D eigenvalue weighted by Crippen LogP contribution is -2.21. The third-order valence-corrected chi connectivity index (χ3v) is 2.19. The third-order valence-electron chi connectivity index (χ3n) is 2.19. The summed E-state index contributed by atoms with van der Waals surface area (Å²) in [5, 5.41) is 12.7. The molecule has 88 valence electrons. The second kappa shape index (κ2) is 4.28. The van der Waals surface area contributed by atoms with Crippen LogP contribution in [0.4, 0.5) is 8.78 Å². The van der Waals surface area contributed by atoms with E-state index in [9.17, 15) is 13.6 Å². The topological polar surface area (TPSA) is 68.0 Å². The van der Waals surface area contributed by atoms with E-state index in [-0.39, 0.29) is 5.56 Å². The Kier molecular flexibility index (Phi) is 2.82. The highest BCUT2D eigenvalue weighted by Gasteiger charge is 2.23. The number of nitrogens with zero attached hydrogens (tertiary/aromatic N) is 3. The Morgan fingerprint density at radius 3 is 2.65 bits per heavy atom. The van der Waals surface area contributed by atoms with Crippen LogP contribution in [0.3, 0.4) is 0 Å². The number of hydrogen-bond acceptors (Lipinski definition) is 3. The Morgan fingerprint density at radius 2 is 2.12 bits per heavy atom. The molecule has 0 amide bonds. The largest absolute Gasteiger partial charge is 0.479 e. The molecule has 1 aromatic carbocycles. The molecule has 0 radical (unpaired) electrons. The maximum absolute atomic E-state index is 13.0. The Labute approximate surface area is 94.3 Å². The van der Waals surface area contributed by atoms with Crippen molar-refractivity contribution in [3.63, 3.8) is 0 Å². The van der Waals surface area contributed by atoms with Gasteiger partial charge in [-0.3, -0.25) is 0 Å². The van der Waals surface area contributed by atoms with E-state index in [1.165, 1.54) is 12.4 Å². The number of aromatic nitrogens is 3. The molecule has 0 saturated heterocycles. The maximum Gasteiger partial charge on any atom is 0.333 e. The van der Waals surface area contributed by atoms with Gasteiger partial charge in [0.2, 0.25) is 0 Å².